The number of alkyl halides is 3. The molecule has 0 aliphatic heterocycles. The minimum atomic E-state index is -4.60. The van der Waals surface area contributed by atoms with Crippen LogP contribution in [0.1, 0.15) is 18.1 Å². The Morgan fingerprint density at radius 1 is 1.03 bits per heavy atom. The highest BCUT2D eigenvalue weighted by Gasteiger charge is 2.34. The van der Waals surface area contributed by atoms with E-state index in [2.05, 4.69) is 38.4 Å². The Morgan fingerprint density at radius 2 is 1.74 bits per heavy atom. The van der Waals surface area contributed by atoms with Crippen molar-refractivity contribution in [2.75, 3.05) is 11.1 Å². The normalized spacial score (nSPS) is 11.5. The molecule has 10 heteroatoms. The van der Waals surface area contributed by atoms with Gasteiger partial charge in [0.25, 0.3) is 0 Å². The first-order valence-corrected chi connectivity index (χ1v) is 12.4. The van der Waals surface area contributed by atoms with Crippen molar-refractivity contribution < 1.29 is 18.0 Å². The predicted octanol–water partition coefficient (Wildman–Crippen LogP) is 7.01. The third-order valence-corrected chi connectivity index (χ3v) is 6.58. The van der Waals surface area contributed by atoms with Gasteiger partial charge in [0, 0.05) is 15.7 Å². The van der Waals surface area contributed by atoms with E-state index in [9.17, 15) is 18.0 Å². The summed E-state index contributed by atoms with van der Waals surface area (Å²) >= 11 is 4.14. The van der Waals surface area contributed by atoms with Crippen LogP contribution in [0, 0.1) is 0 Å². The lowest BCUT2D eigenvalue weighted by Crippen LogP contribution is -2.18. The number of aryl methyl sites for hydroxylation is 1. The number of hydrogen-bond acceptors (Lipinski definition) is 4. The Kier molecular flexibility index (Phi) is 7.61. The number of carbonyl (C=O) groups is 1. The summed E-state index contributed by atoms with van der Waals surface area (Å²) in [6, 6.07) is 21.0. The van der Waals surface area contributed by atoms with Crippen LogP contribution in [0.15, 0.2) is 82.4 Å². The SMILES string of the molecule is CCc1ccc(-n2c(SCC(=O)Nc3ccc(Br)cc3C(F)(F)F)nnc2-c2ccccc2)cc1. The van der Waals surface area contributed by atoms with Gasteiger partial charge in [0.05, 0.1) is 17.0 Å². The van der Waals surface area contributed by atoms with Crippen molar-refractivity contribution in [3.05, 3.63) is 88.4 Å². The van der Waals surface area contributed by atoms with Crippen LogP contribution in [0.5, 0.6) is 0 Å². The van der Waals surface area contributed by atoms with Crippen LogP contribution in [0.3, 0.4) is 0 Å². The van der Waals surface area contributed by atoms with Crippen molar-refractivity contribution in [3.63, 3.8) is 0 Å². The number of carbonyl (C=O) groups excluding carboxylic acids is 1. The number of hydrogen-bond donors (Lipinski definition) is 1. The fourth-order valence-corrected chi connectivity index (χ4v) is 4.54. The van der Waals surface area contributed by atoms with Gasteiger partial charge in [-0.3, -0.25) is 9.36 Å². The zero-order valence-corrected chi connectivity index (χ0v) is 20.9. The van der Waals surface area contributed by atoms with Crippen LogP contribution < -0.4 is 5.32 Å². The van der Waals surface area contributed by atoms with Crippen LogP contribution in [0.2, 0.25) is 0 Å². The first kappa shape index (κ1) is 25.0. The van der Waals surface area contributed by atoms with E-state index in [1.807, 2.05) is 59.2 Å². The lowest BCUT2D eigenvalue weighted by atomic mass is 10.1. The smallest absolute Gasteiger partial charge is 0.325 e. The van der Waals surface area contributed by atoms with Crippen molar-refractivity contribution in [1.82, 2.24) is 14.8 Å². The fraction of sp³-hybridized carbons (Fsp3) is 0.160. The van der Waals surface area contributed by atoms with Crippen molar-refractivity contribution in [1.29, 1.82) is 0 Å². The molecule has 1 heterocycles. The zero-order chi connectivity index (χ0) is 25.0. The summed E-state index contributed by atoms with van der Waals surface area (Å²) in [4.78, 5) is 12.6. The van der Waals surface area contributed by atoms with Gasteiger partial charge in [0.2, 0.25) is 5.91 Å². The lowest BCUT2D eigenvalue weighted by Gasteiger charge is -2.14. The molecule has 1 aromatic heterocycles. The van der Waals surface area contributed by atoms with Gasteiger partial charge in [0.1, 0.15) is 0 Å². The van der Waals surface area contributed by atoms with Gasteiger partial charge in [-0.25, -0.2) is 0 Å². The Bertz CT molecular complexity index is 1330. The predicted molar refractivity (Wildman–Crippen MR) is 135 cm³/mol. The Balaban J connectivity index is 1.59. The summed E-state index contributed by atoms with van der Waals surface area (Å²) in [7, 11) is 0. The average Bonchev–Trinajstić information content (AvgIpc) is 3.28. The van der Waals surface area contributed by atoms with E-state index >= 15 is 0 Å². The number of benzene rings is 3. The van der Waals surface area contributed by atoms with Crippen molar-refractivity contribution >= 4 is 39.3 Å². The number of anilines is 1. The molecule has 0 unspecified atom stereocenters. The molecule has 3 aromatic carbocycles. The van der Waals surface area contributed by atoms with Crippen molar-refractivity contribution in [2.24, 2.45) is 0 Å². The highest BCUT2D eigenvalue weighted by molar-refractivity contribution is 9.10. The molecule has 0 saturated carbocycles. The number of amides is 1. The van der Waals surface area contributed by atoms with Crippen LogP contribution in [-0.2, 0) is 17.4 Å². The Hall–Kier alpha value is -3.11. The molecule has 1 N–H and O–H groups in total. The number of aromatic nitrogens is 3. The molecule has 0 aliphatic rings. The summed E-state index contributed by atoms with van der Waals surface area (Å²) in [5, 5.41) is 11.4. The standard InChI is InChI=1S/C25H20BrF3N4OS/c1-2-16-8-11-19(12-9-16)33-23(17-6-4-3-5-7-17)31-32-24(33)35-15-22(34)30-21-13-10-18(26)14-20(21)25(27,28)29/h3-14H,2,15H2,1H3,(H,30,34). The second-order valence-electron chi connectivity index (χ2n) is 7.55. The van der Waals surface area contributed by atoms with E-state index in [0.717, 1.165) is 35.5 Å². The van der Waals surface area contributed by atoms with E-state index in [1.165, 1.54) is 17.7 Å². The van der Waals surface area contributed by atoms with Crippen LogP contribution in [0.4, 0.5) is 18.9 Å². The van der Waals surface area contributed by atoms with Gasteiger partial charge in [-0.2, -0.15) is 13.2 Å². The summed E-state index contributed by atoms with van der Waals surface area (Å²) in [5.41, 5.74) is 1.62. The van der Waals surface area contributed by atoms with Gasteiger partial charge in [-0.15, -0.1) is 10.2 Å². The van der Waals surface area contributed by atoms with E-state index in [0.29, 0.717) is 11.0 Å². The maximum atomic E-state index is 13.4. The molecule has 35 heavy (non-hydrogen) atoms. The minimum Gasteiger partial charge on any atom is -0.325 e. The number of nitrogens with one attached hydrogen (secondary N) is 1. The molecule has 4 aromatic rings. The molecule has 1 amide bonds. The molecule has 4 rings (SSSR count). The van der Waals surface area contributed by atoms with Gasteiger partial charge < -0.3 is 5.32 Å². The number of thioether (sulfide) groups is 1. The monoisotopic (exact) mass is 560 g/mol. The molecule has 180 valence electrons. The summed E-state index contributed by atoms with van der Waals surface area (Å²) in [6.45, 7) is 2.07. The topological polar surface area (TPSA) is 59.8 Å². The number of halogens is 4. The van der Waals surface area contributed by atoms with E-state index < -0.39 is 17.6 Å². The molecule has 0 bridgehead atoms. The molecule has 0 radical (unpaired) electrons. The molecule has 5 nitrogen and oxygen atoms in total. The second kappa shape index (κ2) is 10.7. The number of nitrogens with zero attached hydrogens (tertiary/aromatic N) is 3. The summed E-state index contributed by atoms with van der Waals surface area (Å²) in [5.74, 6) is -0.127. The van der Waals surface area contributed by atoms with E-state index in [4.69, 9.17) is 0 Å². The molecule has 0 aliphatic carbocycles. The first-order chi connectivity index (χ1) is 16.8. The molecule has 0 atom stereocenters. The Labute approximate surface area is 212 Å². The third kappa shape index (κ3) is 5.94. The first-order valence-electron chi connectivity index (χ1n) is 10.7. The van der Waals surface area contributed by atoms with Gasteiger partial charge >= 0.3 is 6.18 Å². The van der Waals surface area contributed by atoms with Crippen LogP contribution >= 0.6 is 27.7 Å². The number of rotatable bonds is 7. The third-order valence-electron chi connectivity index (χ3n) is 5.16. The van der Waals surface area contributed by atoms with Gasteiger partial charge in [0.15, 0.2) is 11.0 Å². The molecule has 0 fully saturated rings. The minimum absolute atomic E-state index is 0.146. The lowest BCUT2D eigenvalue weighted by molar-refractivity contribution is -0.137. The average molecular weight is 561 g/mol. The summed E-state index contributed by atoms with van der Waals surface area (Å²) in [6.07, 6.45) is -3.71. The summed E-state index contributed by atoms with van der Waals surface area (Å²) < 4.78 is 42.3. The molecular weight excluding hydrogens is 541 g/mol. The zero-order valence-electron chi connectivity index (χ0n) is 18.5. The van der Waals surface area contributed by atoms with Crippen molar-refractivity contribution in [2.45, 2.75) is 24.7 Å². The maximum absolute atomic E-state index is 13.4. The highest BCUT2D eigenvalue weighted by atomic mass is 79.9. The molecular formula is C25H20BrF3N4OS. The van der Waals surface area contributed by atoms with Gasteiger partial charge in [-0.1, -0.05) is 77.1 Å². The molecule has 0 spiro atoms. The van der Waals surface area contributed by atoms with Crippen LogP contribution in [-0.4, -0.2) is 26.4 Å². The highest BCUT2D eigenvalue weighted by Crippen LogP contribution is 2.37. The largest absolute Gasteiger partial charge is 0.418 e. The van der Waals surface area contributed by atoms with E-state index in [1.54, 1.807) is 0 Å². The maximum Gasteiger partial charge on any atom is 0.418 e. The van der Waals surface area contributed by atoms with Crippen LogP contribution in [0.25, 0.3) is 17.1 Å². The van der Waals surface area contributed by atoms with Crippen molar-refractivity contribution in [3.8, 4) is 17.1 Å². The quantitative estimate of drug-likeness (QED) is 0.247. The second-order valence-corrected chi connectivity index (χ2v) is 9.41. The fourth-order valence-electron chi connectivity index (χ4n) is 3.43. The molecule has 0 saturated heterocycles. The Morgan fingerprint density at radius 3 is 2.40 bits per heavy atom. The van der Waals surface area contributed by atoms with E-state index in [-0.39, 0.29) is 15.9 Å². The van der Waals surface area contributed by atoms with Gasteiger partial charge in [-0.05, 0) is 42.3 Å².